The molecular formula is C18H23ClN2O4. The number of hydrogen-bond acceptors (Lipinski definition) is 5. The minimum atomic E-state index is -0.598. The van der Waals surface area contributed by atoms with E-state index in [1.54, 1.807) is 31.2 Å². The molecule has 136 valence electrons. The van der Waals surface area contributed by atoms with Crippen molar-refractivity contribution in [1.29, 1.82) is 0 Å². The van der Waals surface area contributed by atoms with Gasteiger partial charge in [0.2, 0.25) is 0 Å². The number of aliphatic hydroxyl groups excluding tert-OH is 1. The van der Waals surface area contributed by atoms with Gasteiger partial charge in [-0.15, -0.1) is 11.6 Å². The van der Waals surface area contributed by atoms with Crippen LogP contribution in [0.2, 0.25) is 0 Å². The normalized spacial score (nSPS) is 12.4. The molecule has 0 aromatic rings. The summed E-state index contributed by atoms with van der Waals surface area (Å²) in [5.74, 6) is -0.777. The number of esters is 1. The zero-order valence-electron chi connectivity index (χ0n) is 14.2. The number of allylic oxidation sites excluding steroid dienone is 6. The summed E-state index contributed by atoms with van der Waals surface area (Å²) in [6, 6.07) is 0. The first kappa shape index (κ1) is 22.6. The molecule has 0 bridgehead atoms. The second-order valence-corrected chi connectivity index (χ2v) is 4.75. The molecular weight excluding hydrogens is 344 g/mol. The van der Waals surface area contributed by atoms with Gasteiger partial charge in [-0.2, -0.15) is 0 Å². The average molecular weight is 367 g/mol. The van der Waals surface area contributed by atoms with Crippen LogP contribution < -0.4 is 5.32 Å². The van der Waals surface area contributed by atoms with E-state index in [-0.39, 0.29) is 25.5 Å². The van der Waals surface area contributed by atoms with E-state index in [4.69, 9.17) is 21.4 Å². The molecule has 0 radical (unpaired) electrons. The first-order valence-corrected chi connectivity index (χ1v) is 8.06. The van der Waals surface area contributed by atoms with Crippen LogP contribution in [0.4, 0.5) is 0 Å². The molecule has 0 aliphatic heterocycles. The molecule has 0 aliphatic carbocycles. The van der Waals surface area contributed by atoms with Crippen LogP contribution in [0.5, 0.6) is 0 Å². The summed E-state index contributed by atoms with van der Waals surface area (Å²) in [5, 5.41) is 11.5. The Hall–Kier alpha value is -2.44. The molecule has 0 rings (SSSR count). The highest BCUT2D eigenvalue weighted by Crippen LogP contribution is 2.10. The third kappa shape index (κ3) is 10.1. The fourth-order valence-corrected chi connectivity index (χ4v) is 1.62. The number of aliphatic imine (C=N–C) groups is 1. The quantitative estimate of drug-likeness (QED) is 0.193. The monoisotopic (exact) mass is 366 g/mol. The number of amides is 1. The van der Waals surface area contributed by atoms with Gasteiger partial charge in [0.25, 0.3) is 5.91 Å². The zero-order chi connectivity index (χ0) is 19.1. The highest BCUT2D eigenvalue weighted by atomic mass is 35.5. The molecule has 0 saturated carbocycles. The number of ether oxygens (including phenoxy) is 1. The molecule has 0 aromatic carbocycles. The van der Waals surface area contributed by atoms with Gasteiger partial charge in [-0.3, -0.25) is 14.6 Å². The lowest BCUT2D eigenvalue weighted by molar-refractivity contribution is -0.143. The Bertz CT molecular complexity index is 604. The number of nitrogens with zero attached hydrogens (tertiary/aromatic N) is 1. The Morgan fingerprint density at radius 1 is 1.36 bits per heavy atom. The smallest absolute Gasteiger partial charge is 0.325 e. The van der Waals surface area contributed by atoms with E-state index in [0.717, 1.165) is 0 Å². The minimum Gasteiger partial charge on any atom is -0.465 e. The number of halogens is 1. The molecule has 0 unspecified atom stereocenters. The predicted molar refractivity (Wildman–Crippen MR) is 101 cm³/mol. The second-order valence-electron chi connectivity index (χ2n) is 4.44. The Morgan fingerprint density at radius 3 is 2.64 bits per heavy atom. The summed E-state index contributed by atoms with van der Waals surface area (Å²) >= 11 is 5.57. The Balaban J connectivity index is 4.98. The number of nitrogens with one attached hydrogen (secondary N) is 1. The molecule has 0 spiro atoms. The largest absolute Gasteiger partial charge is 0.465 e. The fraction of sp³-hybridized carbons (Fsp3) is 0.278. The highest BCUT2D eigenvalue weighted by Gasteiger charge is 2.08. The van der Waals surface area contributed by atoms with Crippen molar-refractivity contribution in [2.75, 3.05) is 25.6 Å². The standard InChI is InChI=1S/C18H23ClN2O4/c1-4-15(8-6-7-10-19)16(9-11-22)12-20-14(3)18(24)21-13-17(23)25-5-2/h4,6-9,12,22H,1,3,5,10-11,13H2,2H3,(H,21,24)/b7-6-,15-8+,16-9+,20-12-. The number of rotatable bonds is 11. The van der Waals surface area contributed by atoms with Gasteiger partial charge >= 0.3 is 5.97 Å². The molecule has 0 atom stereocenters. The van der Waals surface area contributed by atoms with E-state index < -0.39 is 11.9 Å². The van der Waals surface area contributed by atoms with Crippen molar-refractivity contribution in [3.05, 3.63) is 60.4 Å². The Morgan fingerprint density at radius 2 is 2.08 bits per heavy atom. The van der Waals surface area contributed by atoms with Gasteiger partial charge in [0.1, 0.15) is 12.2 Å². The number of carbonyl (C=O) groups excluding carboxylic acids is 2. The molecule has 0 aromatic heterocycles. The van der Waals surface area contributed by atoms with Crippen LogP contribution in [0.15, 0.2) is 65.4 Å². The molecule has 0 fully saturated rings. The average Bonchev–Trinajstić information content (AvgIpc) is 2.60. The summed E-state index contributed by atoms with van der Waals surface area (Å²) in [6.45, 7) is 8.67. The van der Waals surface area contributed by atoms with E-state index in [2.05, 4.69) is 23.5 Å². The van der Waals surface area contributed by atoms with Gasteiger partial charge < -0.3 is 15.2 Å². The summed E-state index contributed by atoms with van der Waals surface area (Å²) in [6.07, 6.45) is 9.69. The first-order chi connectivity index (χ1) is 12.0. The summed E-state index contributed by atoms with van der Waals surface area (Å²) < 4.78 is 4.70. The lowest BCUT2D eigenvalue weighted by Gasteiger charge is -2.05. The SMILES string of the molecule is C=CC(=C\C=C/CCl)/C(/C=N\C(=C)C(=O)NCC(=O)OCC)=C/CO. The van der Waals surface area contributed by atoms with Crippen LogP contribution >= 0.6 is 11.6 Å². The third-order valence-corrected chi connectivity index (χ3v) is 2.86. The van der Waals surface area contributed by atoms with Crippen LogP contribution in [0.3, 0.4) is 0 Å². The van der Waals surface area contributed by atoms with E-state index in [0.29, 0.717) is 17.0 Å². The molecule has 0 saturated heterocycles. The number of carbonyl (C=O) groups is 2. The molecule has 1 amide bonds. The van der Waals surface area contributed by atoms with Gasteiger partial charge in [-0.25, -0.2) is 0 Å². The second kappa shape index (κ2) is 13.9. The van der Waals surface area contributed by atoms with Crippen molar-refractivity contribution in [3.8, 4) is 0 Å². The third-order valence-electron chi connectivity index (χ3n) is 2.69. The maximum atomic E-state index is 11.8. The van der Waals surface area contributed by atoms with Crippen molar-refractivity contribution in [3.63, 3.8) is 0 Å². The van der Waals surface area contributed by atoms with Crippen LogP contribution in [-0.2, 0) is 14.3 Å². The van der Waals surface area contributed by atoms with Crippen LogP contribution in [0.1, 0.15) is 6.92 Å². The number of aliphatic hydroxyl groups is 1. The number of alkyl halides is 1. The summed E-state index contributed by atoms with van der Waals surface area (Å²) in [7, 11) is 0. The van der Waals surface area contributed by atoms with E-state index in [1.807, 2.05) is 0 Å². The lowest BCUT2D eigenvalue weighted by atomic mass is 10.1. The van der Waals surface area contributed by atoms with E-state index in [9.17, 15) is 9.59 Å². The van der Waals surface area contributed by atoms with Crippen molar-refractivity contribution < 1.29 is 19.4 Å². The van der Waals surface area contributed by atoms with Gasteiger partial charge in [-0.1, -0.05) is 37.5 Å². The van der Waals surface area contributed by atoms with Crippen molar-refractivity contribution in [1.82, 2.24) is 5.32 Å². The maximum absolute atomic E-state index is 11.8. The molecule has 6 nitrogen and oxygen atoms in total. The Labute approximate surface area is 152 Å². The van der Waals surface area contributed by atoms with Gasteiger partial charge in [0, 0.05) is 12.1 Å². The first-order valence-electron chi connectivity index (χ1n) is 7.53. The van der Waals surface area contributed by atoms with Crippen molar-refractivity contribution in [2.45, 2.75) is 6.92 Å². The van der Waals surface area contributed by atoms with Crippen LogP contribution in [0, 0.1) is 0 Å². The van der Waals surface area contributed by atoms with Gasteiger partial charge in [0.05, 0.1) is 13.2 Å². The number of hydrogen-bond donors (Lipinski definition) is 2. The van der Waals surface area contributed by atoms with Crippen molar-refractivity contribution >= 4 is 29.7 Å². The van der Waals surface area contributed by atoms with E-state index in [1.165, 1.54) is 12.3 Å². The summed E-state index contributed by atoms with van der Waals surface area (Å²) in [4.78, 5) is 27.0. The van der Waals surface area contributed by atoms with Crippen LogP contribution in [0.25, 0.3) is 0 Å². The predicted octanol–water partition coefficient (Wildman–Crippen LogP) is 2.08. The molecule has 0 aliphatic rings. The molecule has 7 heteroatoms. The minimum absolute atomic E-state index is 0.0900. The highest BCUT2D eigenvalue weighted by molar-refractivity contribution is 6.18. The van der Waals surface area contributed by atoms with Crippen molar-refractivity contribution in [2.24, 2.45) is 4.99 Å². The molecule has 25 heavy (non-hydrogen) atoms. The van der Waals surface area contributed by atoms with Crippen LogP contribution in [-0.4, -0.2) is 48.8 Å². The topological polar surface area (TPSA) is 88.0 Å². The van der Waals surface area contributed by atoms with Gasteiger partial charge in [-0.05, 0) is 24.1 Å². The summed E-state index contributed by atoms with van der Waals surface area (Å²) in [5.41, 5.74) is 1.14. The lowest BCUT2D eigenvalue weighted by Crippen LogP contribution is -2.31. The Kier molecular flexibility index (Phi) is 12.6. The zero-order valence-corrected chi connectivity index (χ0v) is 15.0. The molecule has 2 N–H and O–H groups in total. The molecule has 0 heterocycles. The van der Waals surface area contributed by atoms with E-state index >= 15 is 0 Å². The maximum Gasteiger partial charge on any atom is 0.325 e. The van der Waals surface area contributed by atoms with Gasteiger partial charge in [0.15, 0.2) is 0 Å². The fourth-order valence-electron chi connectivity index (χ4n) is 1.52.